The second-order valence-electron chi connectivity index (χ2n) is 5.97. The smallest absolute Gasteiger partial charge is 0.240 e. The largest absolute Gasteiger partial charge is 0.393 e. The van der Waals surface area contributed by atoms with Gasteiger partial charge in [-0.25, -0.2) is 13.1 Å². The van der Waals surface area contributed by atoms with Crippen LogP contribution in [0.2, 0.25) is 0 Å². The molecule has 2 N–H and O–H groups in total. The van der Waals surface area contributed by atoms with Crippen LogP contribution in [0.4, 0.5) is 5.69 Å². The number of anilines is 1. The second kappa shape index (κ2) is 6.34. The molecule has 0 bridgehead atoms. The summed E-state index contributed by atoms with van der Waals surface area (Å²) in [4.78, 5) is 2.20. The van der Waals surface area contributed by atoms with Crippen LogP contribution in [0.1, 0.15) is 31.2 Å². The van der Waals surface area contributed by atoms with Gasteiger partial charge in [0, 0.05) is 25.8 Å². The van der Waals surface area contributed by atoms with Gasteiger partial charge in [0.1, 0.15) is 0 Å². The third-order valence-corrected chi connectivity index (χ3v) is 5.51. The monoisotopic (exact) mass is 312 g/mol. The highest BCUT2D eigenvalue weighted by atomic mass is 32.2. The van der Waals surface area contributed by atoms with Crippen LogP contribution in [0, 0.1) is 6.92 Å². The number of hydrogen-bond acceptors (Lipinski definition) is 4. The van der Waals surface area contributed by atoms with Gasteiger partial charge in [0.05, 0.1) is 11.0 Å². The highest BCUT2D eigenvalue weighted by molar-refractivity contribution is 7.89. The van der Waals surface area contributed by atoms with Crippen molar-refractivity contribution >= 4 is 15.7 Å². The van der Waals surface area contributed by atoms with Gasteiger partial charge in [-0.1, -0.05) is 6.07 Å². The fourth-order valence-electron chi connectivity index (χ4n) is 2.72. The Hall–Kier alpha value is -1.11. The van der Waals surface area contributed by atoms with E-state index in [0.29, 0.717) is 30.6 Å². The molecule has 5 nitrogen and oxygen atoms in total. The summed E-state index contributed by atoms with van der Waals surface area (Å²) in [6.45, 7) is 1.96. The molecule has 0 aromatic heterocycles. The van der Waals surface area contributed by atoms with E-state index in [0.717, 1.165) is 11.3 Å². The lowest BCUT2D eigenvalue weighted by atomic mass is 9.94. The minimum atomic E-state index is -3.51. The molecule has 0 atom stereocenters. The first kappa shape index (κ1) is 16.3. The van der Waals surface area contributed by atoms with E-state index in [-0.39, 0.29) is 12.1 Å². The van der Waals surface area contributed by atoms with E-state index in [9.17, 15) is 13.5 Å². The normalized spacial score (nSPS) is 23.0. The lowest BCUT2D eigenvalue weighted by Crippen LogP contribution is -2.38. The molecule has 1 aliphatic rings. The minimum Gasteiger partial charge on any atom is -0.393 e. The van der Waals surface area contributed by atoms with Crippen molar-refractivity contribution in [2.75, 3.05) is 19.0 Å². The van der Waals surface area contributed by atoms with Crippen molar-refractivity contribution in [3.05, 3.63) is 23.8 Å². The number of rotatable bonds is 4. The standard InChI is InChI=1S/C15H24N2O3S/c1-11-4-9-14(10-15(11)17(2)3)21(19,20)16-12-5-7-13(18)8-6-12/h4,9-10,12-13,16,18H,5-8H2,1-3H3. The Morgan fingerprint density at radius 1 is 1.19 bits per heavy atom. The summed E-state index contributed by atoms with van der Waals surface area (Å²) in [6.07, 6.45) is 2.40. The molecule has 0 aliphatic heterocycles. The summed E-state index contributed by atoms with van der Waals surface area (Å²) < 4.78 is 27.7. The topological polar surface area (TPSA) is 69.6 Å². The fourth-order valence-corrected chi connectivity index (χ4v) is 4.04. The maximum Gasteiger partial charge on any atom is 0.240 e. The molecule has 0 radical (unpaired) electrons. The summed E-state index contributed by atoms with van der Waals surface area (Å²) in [6, 6.07) is 5.09. The van der Waals surface area contributed by atoms with E-state index in [1.807, 2.05) is 32.0 Å². The average molecular weight is 312 g/mol. The summed E-state index contributed by atoms with van der Waals surface area (Å²) >= 11 is 0. The van der Waals surface area contributed by atoms with E-state index in [1.54, 1.807) is 12.1 Å². The zero-order chi connectivity index (χ0) is 15.6. The minimum absolute atomic E-state index is 0.0810. The number of sulfonamides is 1. The number of hydrogen-bond donors (Lipinski definition) is 2. The van der Waals surface area contributed by atoms with Crippen LogP contribution in [0.5, 0.6) is 0 Å². The SMILES string of the molecule is Cc1ccc(S(=O)(=O)NC2CCC(O)CC2)cc1N(C)C. The van der Waals surface area contributed by atoms with Gasteiger partial charge in [-0.05, 0) is 50.3 Å². The number of nitrogens with zero attached hydrogens (tertiary/aromatic N) is 1. The molecular formula is C15H24N2O3S. The van der Waals surface area contributed by atoms with Gasteiger partial charge in [0.2, 0.25) is 10.0 Å². The van der Waals surface area contributed by atoms with Crippen LogP contribution in [-0.2, 0) is 10.0 Å². The van der Waals surface area contributed by atoms with Gasteiger partial charge in [-0.2, -0.15) is 0 Å². The number of aliphatic hydroxyl groups is 1. The summed E-state index contributed by atoms with van der Waals surface area (Å²) in [5, 5.41) is 9.49. The molecule has 118 valence electrons. The maximum absolute atomic E-state index is 12.5. The van der Waals surface area contributed by atoms with E-state index >= 15 is 0 Å². The lowest BCUT2D eigenvalue weighted by Gasteiger charge is -2.26. The molecule has 0 spiro atoms. The molecule has 1 fully saturated rings. The highest BCUT2D eigenvalue weighted by Crippen LogP contribution is 2.24. The van der Waals surface area contributed by atoms with Gasteiger partial charge < -0.3 is 10.0 Å². The van der Waals surface area contributed by atoms with E-state index in [2.05, 4.69) is 4.72 Å². The molecular weight excluding hydrogens is 288 g/mol. The molecule has 1 saturated carbocycles. The van der Waals surface area contributed by atoms with Crippen LogP contribution in [-0.4, -0.2) is 39.8 Å². The van der Waals surface area contributed by atoms with Gasteiger partial charge in [0.25, 0.3) is 0 Å². The zero-order valence-corrected chi connectivity index (χ0v) is 13.7. The van der Waals surface area contributed by atoms with E-state index in [1.165, 1.54) is 0 Å². The Kier molecular flexibility index (Phi) is 4.91. The molecule has 2 rings (SSSR count). The van der Waals surface area contributed by atoms with Crippen LogP contribution in [0.3, 0.4) is 0 Å². The van der Waals surface area contributed by atoms with Crippen molar-refractivity contribution in [2.45, 2.75) is 49.6 Å². The van der Waals surface area contributed by atoms with Gasteiger partial charge in [-0.3, -0.25) is 0 Å². The Morgan fingerprint density at radius 3 is 2.38 bits per heavy atom. The molecule has 6 heteroatoms. The zero-order valence-electron chi connectivity index (χ0n) is 12.8. The van der Waals surface area contributed by atoms with Crippen LogP contribution < -0.4 is 9.62 Å². The van der Waals surface area contributed by atoms with Crippen molar-refractivity contribution in [3.8, 4) is 0 Å². The first-order valence-electron chi connectivity index (χ1n) is 7.28. The highest BCUT2D eigenvalue weighted by Gasteiger charge is 2.25. The Balaban J connectivity index is 2.18. The average Bonchev–Trinajstić information content (AvgIpc) is 2.41. The summed E-state index contributed by atoms with van der Waals surface area (Å²) in [5.41, 5.74) is 1.94. The third-order valence-electron chi connectivity index (χ3n) is 3.99. The molecule has 0 saturated heterocycles. The molecule has 0 amide bonds. The maximum atomic E-state index is 12.5. The lowest BCUT2D eigenvalue weighted by molar-refractivity contribution is 0.120. The quantitative estimate of drug-likeness (QED) is 0.887. The third kappa shape index (κ3) is 3.96. The van der Waals surface area contributed by atoms with Gasteiger partial charge in [0.15, 0.2) is 0 Å². The van der Waals surface area contributed by atoms with E-state index in [4.69, 9.17) is 0 Å². The molecule has 21 heavy (non-hydrogen) atoms. The first-order valence-corrected chi connectivity index (χ1v) is 8.76. The predicted molar refractivity (Wildman–Crippen MR) is 84.1 cm³/mol. The Morgan fingerprint density at radius 2 is 1.81 bits per heavy atom. The first-order chi connectivity index (χ1) is 9.79. The molecule has 1 aromatic rings. The van der Waals surface area contributed by atoms with Crippen LogP contribution in [0.15, 0.2) is 23.1 Å². The molecule has 0 heterocycles. The second-order valence-corrected chi connectivity index (χ2v) is 7.68. The van der Waals surface area contributed by atoms with Crippen molar-refractivity contribution < 1.29 is 13.5 Å². The fraction of sp³-hybridized carbons (Fsp3) is 0.600. The van der Waals surface area contributed by atoms with Crippen molar-refractivity contribution in [3.63, 3.8) is 0 Å². The van der Waals surface area contributed by atoms with Crippen molar-refractivity contribution in [2.24, 2.45) is 0 Å². The van der Waals surface area contributed by atoms with Crippen LogP contribution in [0.25, 0.3) is 0 Å². The number of aryl methyl sites for hydroxylation is 1. The van der Waals surface area contributed by atoms with Gasteiger partial charge >= 0.3 is 0 Å². The predicted octanol–water partition coefficient (Wildman–Crippen LogP) is 1.64. The van der Waals surface area contributed by atoms with Crippen LogP contribution >= 0.6 is 0 Å². The molecule has 0 unspecified atom stereocenters. The molecule has 1 aliphatic carbocycles. The number of benzene rings is 1. The number of nitrogens with one attached hydrogen (secondary N) is 1. The van der Waals surface area contributed by atoms with Crippen molar-refractivity contribution in [1.82, 2.24) is 4.72 Å². The van der Waals surface area contributed by atoms with Gasteiger partial charge in [-0.15, -0.1) is 0 Å². The summed E-state index contributed by atoms with van der Waals surface area (Å²) in [7, 11) is 0.287. The number of aliphatic hydroxyl groups excluding tert-OH is 1. The van der Waals surface area contributed by atoms with Crippen molar-refractivity contribution in [1.29, 1.82) is 0 Å². The van der Waals surface area contributed by atoms with E-state index < -0.39 is 10.0 Å². The molecule has 1 aromatic carbocycles. The Bertz CT molecular complexity index is 591. The summed E-state index contributed by atoms with van der Waals surface area (Å²) in [5.74, 6) is 0. The Labute approximate surface area is 127 Å².